The lowest BCUT2D eigenvalue weighted by molar-refractivity contribution is 0.00787. The molecule has 0 bridgehead atoms. The molecule has 0 aliphatic carbocycles. The Kier molecular flexibility index (Phi) is 3.33. The van der Waals surface area contributed by atoms with Gasteiger partial charge in [0.15, 0.2) is 0 Å². The highest BCUT2D eigenvalue weighted by Crippen LogP contribution is 2.27. The second kappa shape index (κ2) is 4.47. The molecule has 0 spiro atoms. The fourth-order valence-corrected chi connectivity index (χ4v) is 2.13. The van der Waals surface area contributed by atoms with Crippen LogP contribution >= 0.6 is 22.6 Å². The van der Waals surface area contributed by atoms with E-state index < -0.39 is 5.60 Å². The molecular weight excluding hydrogens is 333 g/mol. The number of likely N-dealkylation sites (tertiary alicyclic amines) is 1. The first-order chi connectivity index (χ1) is 7.85. The van der Waals surface area contributed by atoms with E-state index in [1.165, 1.54) is 0 Å². The first-order valence-corrected chi connectivity index (χ1v) is 6.62. The van der Waals surface area contributed by atoms with Crippen LogP contribution in [0.1, 0.15) is 32.4 Å². The van der Waals surface area contributed by atoms with Crippen LogP contribution in [0.5, 0.6) is 0 Å². The largest absolute Gasteiger partial charge is 0.444 e. The van der Waals surface area contributed by atoms with Crippen molar-refractivity contribution in [3.05, 3.63) is 15.5 Å². The van der Waals surface area contributed by atoms with E-state index in [2.05, 4.69) is 32.8 Å². The van der Waals surface area contributed by atoms with Gasteiger partial charge in [-0.15, -0.1) is 0 Å². The number of amides is 1. The minimum Gasteiger partial charge on any atom is -0.444 e. The zero-order valence-electron chi connectivity index (χ0n) is 10.2. The number of H-pyrrole nitrogens is 1. The number of ether oxygens (including phenoxy) is 1. The van der Waals surface area contributed by atoms with Gasteiger partial charge in [0, 0.05) is 24.7 Å². The molecule has 1 amide bonds. The Balaban J connectivity index is 1.85. The quantitative estimate of drug-likeness (QED) is 0.792. The zero-order valence-corrected chi connectivity index (χ0v) is 12.3. The molecular formula is C11H16IN3O2. The summed E-state index contributed by atoms with van der Waals surface area (Å²) < 4.78 is 6.24. The number of carbonyl (C=O) groups excluding carboxylic acids is 1. The van der Waals surface area contributed by atoms with E-state index in [0.29, 0.717) is 19.0 Å². The zero-order chi connectivity index (χ0) is 12.6. The van der Waals surface area contributed by atoms with Crippen molar-refractivity contribution in [2.45, 2.75) is 32.3 Å². The van der Waals surface area contributed by atoms with Crippen LogP contribution in [0.25, 0.3) is 0 Å². The molecule has 2 heterocycles. The van der Waals surface area contributed by atoms with Crippen molar-refractivity contribution in [2.24, 2.45) is 0 Å². The van der Waals surface area contributed by atoms with E-state index >= 15 is 0 Å². The summed E-state index contributed by atoms with van der Waals surface area (Å²) in [5, 5.41) is 7.05. The van der Waals surface area contributed by atoms with Crippen molar-refractivity contribution in [1.29, 1.82) is 0 Å². The van der Waals surface area contributed by atoms with Gasteiger partial charge in [-0.3, -0.25) is 5.10 Å². The third-order valence-corrected chi connectivity index (χ3v) is 3.09. The Morgan fingerprint density at radius 3 is 2.71 bits per heavy atom. The Morgan fingerprint density at radius 2 is 2.24 bits per heavy atom. The number of halogens is 1. The number of hydrogen-bond acceptors (Lipinski definition) is 3. The van der Waals surface area contributed by atoms with Gasteiger partial charge in [0.25, 0.3) is 0 Å². The minimum absolute atomic E-state index is 0.233. The van der Waals surface area contributed by atoms with Crippen molar-refractivity contribution >= 4 is 28.7 Å². The Bertz CT molecular complexity index is 419. The van der Waals surface area contributed by atoms with Gasteiger partial charge in [0.1, 0.15) is 9.30 Å². The maximum atomic E-state index is 11.7. The van der Waals surface area contributed by atoms with Crippen LogP contribution in [0.15, 0.2) is 6.07 Å². The maximum absolute atomic E-state index is 11.7. The summed E-state index contributed by atoms with van der Waals surface area (Å²) in [6, 6.07) is 2.01. The highest BCUT2D eigenvalue weighted by atomic mass is 127. The number of nitrogens with zero attached hydrogens (tertiary/aromatic N) is 2. The van der Waals surface area contributed by atoms with Crippen molar-refractivity contribution in [3.8, 4) is 0 Å². The predicted molar refractivity (Wildman–Crippen MR) is 71.9 cm³/mol. The summed E-state index contributed by atoms with van der Waals surface area (Å²) >= 11 is 2.16. The smallest absolute Gasteiger partial charge is 0.410 e. The molecule has 1 aliphatic heterocycles. The van der Waals surface area contributed by atoms with Gasteiger partial charge >= 0.3 is 6.09 Å². The second-order valence-corrected chi connectivity index (χ2v) is 6.33. The molecule has 5 nitrogen and oxygen atoms in total. The summed E-state index contributed by atoms with van der Waals surface area (Å²) in [4.78, 5) is 13.4. The number of aromatic nitrogens is 2. The second-order valence-electron chi connectivity index (χ2n) is 5.23. The first-order valence-electron chi connectivity index (χ1n) is 5.54. The molecule has 0 aromatic carbocycles. The van der Waals surface area contributed by atoms with E-state index in [0.717, 1.165) is 9.39 Å². The molecule has 1 aromatic rings. The van der Waals surface area contributed by atoms with Crippen LogP contribution < -0.4 is 0 Å². The molecule has 0 radical (unpaired) electrons. The van der Waals surface area contributed by atoms with E-state index in [4.69, 9.17) is 4.74 Å². The van der Waals surface area contributed by atoms with Crippen LogP contribution in [0, 0.1) is 3.70 Å². The molecule has 6 heteroatoms. The molecule has 0 unspecified atom stereocenters. The molecule has 2 rings (SSSR count). The molecule has 1 aromatic heterocycles. The number of nitrogens with one attached hydrogen (secondary N) is 1. The Hall–Kier alpha value is -0.790. The van der Waals surface area contributed by atoms with Crippen LogP contribution in [-0.4, -0.2) is 39.9 Å². The fourth-order valence-electron chi connectivity index (χ4n) is 1.67. The predicted octanol–water partition coefficient (Wildman–Crippen LogP) is 2.35. The highest BCUT2D eigenvalue weighted by Gasteiger charge is 2.35. The normalized spacial score (nSPS) is 16.8. The highest BCUT2D eigenvalue weighted by molar-refractivity contribution is 14.1. The Labute approximate surface area is 114 Å². The molecule has 0 atom stereocenters. The van der Waals surface area contributed by atoms with E-state index in [1.54, 1.807) is 4.90 Å². The van der Waals surface area contributed by atoms with Crippen LogP contribution in [-0.2, 0) is 4.74 Å². The lowest BCUT2D eigenvalue weighted by atomic mass is 9.97. The van der Waals surface area contributed by atoms with Crippen molar-refractivity contribution in [3.63, 3.8) is 0 Å². The first kappa shape index (κ1) is 12.7. The summed E-state index contributed by atoms with van der Waals surface area (Å²) in [6.45, 7) is 7.03. The molecule has 94 valence electrons. The van der Waals surface area contributed by atoms with Crippen molar-refractivity contribution in [1.82, 2.24) is 15.1 Å². The average molecular weight is 349 g/mol. The lowest BCUT2D eigenvalue weighted by Gasteiger charge is -2.39. The minimum atomic E-state index is -0.425. The summed E-state index contributed by atoms with van der Waals surface area (Å²) in [6.07, 6.45) is -0.233. The standard InChI is InChI=1S/C11H16IN3O2/c1-11(2,3)17-10(16)15-5-7(6-15)8-4-9(12)14-13-8/h4,7H,5-6H2,1-3H3,(H,13,14). The van der Waals surface area contributed by atoms with Gasteiger partial charge < -0.3 is 9.64 Å². The number of hydrogen-bond donors (Lipinski definition) is 1. The van der Waals surface area contributed by atoms with Gasteiger partial charge in [-0.2, -0.15) is 5.10 Å². The molecule has 0 saturated carbocycles. The van der Waals surface area contributed by atoms with Gasteiger partial charge in [0.05, 0.1) is 0 Å². The number of carbonyl (C=O) groups is 1. The number of rotatable bonds is 1. The topological polar surface area (TPSA) is 58.2 Å². The lowest BCUT2D eigenvalue weighted by Crippen LogP contribution is -2.50. The fraction of sp³-hybridized carbons (Fsp3) is 0.636. The van der Waals surface area contributed by atoms with Gasteiger partial charge in [-0.25, -0.2) is 4.79 Å². The summed E-state index contributed by atoms with van der Waals surface area (Å²) in [5.41, 5.74) is 0.667. The summed E-state index contributed by atoms with van der Waals surface area (Å²) in [5.74, 6) is 0.360. The maximum Gasteiger partial charge on any atom is 0.410 e. The van der Waals surface area contributed by atoms with Gasteiger partial charge in [-0.1, -0.05) is 0 Å². The van der Waals surface area contributed by atoms with E-state index in [9.17, 15) is 4.79 Å². The third kappa shape index (κ3) is 3.11. The van der Waals surface area contributed by atoms with E-state index in [1.807, 2.05) is 26.8 Å². The van der Waals surface area contributed by atoms with Crippen molar-refractivity contribution < 1.29 is 9.53 Å². The molecule has 1 N–H and O–H groups in total. The number of aromatic amines is 1. The Morgan fingerprint density at radius 1 is 1.59 bits per heavy atom. The molecule has 1 fully saturated rings. The molecule has 1 aliphatic rings. The van der Waals surface area contributed by atoms with Crippen LogP contribution in [0.3, 0.4) is 0 Å². The molecule has 1 saturated heterocycles. The average Bonchev–Trinajstić information content (AvgIpc) is 2.45. The molecule has 17 heavy (non-hydrogen) atoms. The monoisotopic (exact) mass is 349 g/mol. The van der Waals surface area contributed by atoms with Crippen molar-refractivity contribution in [2.75, 3.05) is 13.1 Å². The van der Waals surface area contributed by atoms with Crippen LogP contribution in [0.4, 0.5) is 4.79 Å². The SMILES string of the molecule is CC(C)(C)OC(=O)N1CC(c2cc(I)n[nH]2)C1. The van der Waals surface area contributed by atoms with Crippen LogP contribution in [0.2, 0.25) is 0 Å². The van der Waals surface area contributed by atoms with Gasteiger partial charge in [0.2, 0.25) is 0 Å². The van der Waals surface area contributed by atoms with Gasteiger partial charge in [-0.05, 0) is 49.4 Å². The van der Waals surface area contributed by atoms with E-state index in [-0.39, 0.29) is 6.09 Å². The summed E-state index contributed by atoms with van der Waals surface area (Å²) in [7, 11) is 0. The third-order valence-electron chi connectivity index (χ3n) is 2.54.